The second-order valence-corrected chi connectivity index (χ2v) is 4.30. The average Bonchev–Trinajstić information content (AvgIpc) is 2.18. The number of aromatic amines is 1. The first-order valence-electron chi connectivity index (χ1n) is 5.30. The van der Waals surface area contributed by atoms with E-state index in [2.05, 4.69) is 16.9 Å². The molecule has 1 aromatic heterocycles. The Kier molecular flexibility index (Phi) is 2.66. The van der Waals surface area contributed by atoms with Gasteiger partial charge in [0.15, 0.2) is 0 Å². The van der Waals surface area contributed by atoms with Crippen LogP contribution < -0.4 is 5.56 Å². The van der Waals surface area contributed by atoms with Crippen molar-refractivity contribution in [3.8, 4) is 0 Å². The van der Waals surface area contributed by atoms with Crippen LogP contribution in [0.4, 0.5) is 0 Å². The first kappa shape index (κ1) is 9.44. The maximum atomic E-state index is 11.1. The molecule has 1 heterocycles. The number of rotatable bonds is 1. The van der Waals surface area contributed by atoms with E-state index in [1.165, 1.54) is 32.0 Å². The highest BCUT2D eigenvalue weighted by molar-refractivity contribution is 5.07. The van der Waals surface area contributed by atoms with E-state index in [1.807, 2.05) is 0 Å². The van der Waals surface area contributed by atoms with Gasteiger partial charge in [0.1, 0.15) is 0 Å². The summed E-state index contributed by atoms with van der Waals surface area (Å²) in [5.41, 5.74) is 0.938. The number of hydrogen-bond donors (Lipinski definition) is 1. The number of H-pyrrole nitrogens is 1. The quantitative estimate of drug-likeness (QED) is 0.740. The van der Waals surface area contributed by atoms with Crippen molar-refractivity contribution in [2.45, 2.75) is 38.5 Å². The third-order valence-electron chi connectivity index (χ3n) is 3.05. The molecule has 3 heteroatoms. The minimum atomic E-state index is -0.0340. The Balaban J connectivity index is 2.18. The van der Waals surface area contributed by atoms with E-state index in [4.69, 9.17) is 0 Å². The second kappa shape index (κ2) is 3.95. The van der Waals surface area contributed by atoms with Crippen molar-refractivity contribution in [1.29, 1.82) is 0 Å². The van der Waals surface area contributed by atoms with Crippen LogP contribution in [0.1, 0.15) is 44.2 Å². The highest BCUT2D eigenvalue weighted by Crippen LogP contribution is 2.34. The van der Waals surface area contributed by atoms with Crippen molar-refractivity contribution >= 4 is 0 Å². The van der Waals surface area contributed by atoms with Crippen LogP contribution in [-0.2, 0) is 0 Å². The predicted octanol–water partition coefficient (Wildman–Crippen LogP) is 2.06. The summed E-state index contributed by atoms with van der Waals surface area (Å²) in [5, 5.41) is 0. The van der Waals surface area contributed by atoms with Gasteiger partial charge in [0.2, 0.25) is 0 Å². The van der Waals surface area contributed by atoms with Crippen LogP contribution in [0.3, 0.4) is 0 Å². The fourth-order valence-electron chi connectivity index (χ4n) is 2.31. The molecule has 1 saturated carbocycles. The summed E-state index contributed by atoms with van der Waals surface area (Å²) in [6.45, 7) is 2.28. The minimum absolute atomic E-state index is 0.0340. The van der Waals surface area contributed by atoms with Gasteiger partial charge in [-0.1, -0.05) is 19.8 Å². The Morgan fingerprint density at radius 1 is 1.50 bits per heavy atom. The molecule has 0 aromatic carbocycles. The van der Waals surface area contributed by atoms with E-state index in [-0.39, 0.29) is 5.56 Å². The van der Waals surface area contributed by atoms with Crippen molar-refractivity contribution in [3.05, 3.63) is 28.4 Å². The van der Waals surface area contributed by atoms with Crippen LogP contribution >= 0.6 is 0 Å². The van der Waals surface area contributed by atoms with E-state index in [9.17, 15) is 4.79 Å². The summed E-state index contributed by atoms with van der Waals surface area (Å²) in [6.07, 6.45) is 6.45. The molecule has 2 atom stereocenters. The summed E-state index contributed by atoms with van der Waals surface area (Å²) in [4.78, 5) is 17.9. The molecular formula is C11H16N2O. The lowest BCUT2D eigenvalue weighted by Gasteiger charge is -2.25. The van der Waals surface area contributed by atoms with Crippen molar-refractivity contribution < 1.29 is 0 Å². The molecule has 0 saturated heterocycles. The van der Waals surface area contributed by atoms with Crippen molar-refractivity contribution in [2.75, 3.05) is 0 Å². The highest BCUT2D eigenvalue weighted by atomic mass is 16.1. The molecule has 3 nitrogen and oxygen atoms in total. The van der Waals surface area contributed by atoms with Gasteiger partial charge in [0, 0.05) is 12.0 Å². The molecule has 14 heavy (non-hydrogen) atoms. The largest absolute Gasteiger partial charge is 0.313 e. The lowest BCUT2D eigenvalue weighted by atomic mass is 9.81. The molecule has 0 amide bonds. The first-order valence-corrected chi connectivity index (χ1v) is 5.30. The molecule has 2 unspecified atom stereocenters. The maximum absolute atomic E-state index is 11.1. The lowest BCUT2D eigenvalue weighted by molar-refractivity contribution is 0.339. The molecule has 0 aliphatic heterocycles. The van der Waals surface area contributed by atoms with Gasteiger partial charge in [-0.05, 0) is 18.8 Å². The lowest BCUT2D eigenvalue weighted by Crippen LogP contribution is -2.16. The van der Waals surface area contributed by atoms with Gasteiger partial charge < -0.3 is 4.98 Å². The SMILES string of the molecule is CC1CCCC(c2cc(=O)[nH]cn2)C1. The Labute approximate surface area is 83.6 Å². The molecule has 0 spiro atoms. The third kappa shape index (κ3) is 2.03. The third-order valence-corrected chi connectivity index (χ3v) is 3.05. The van der Waals surface area contributed by atoms with Crippen molar-refractivity contribution in [3.63, 3.8) is 0 Å². The number of nitrogens with one attached hydrogen (secondary N) is 1. The zero-order chi connectivity index (χ0) is 9.97. The minimum Gasteiger partial charge on any atom is -0.313 e. The molecule has 76 valence electrons. The normalized spacial score (nSPS) is 27.5. The van der Waals surface area contributed by atoms with Crippen LogP contribution in [0.25, 0.3) is 0 Å². The van der Waals surface area contributed by atoms with E-state index in [0.29, 0.717) is 5.92 Å². The van der Waals surface area contributed by atoms with Crippen molar-refractivity contribution in [2.24, 2.45) is 5.92 Å². The fourth-order valence-corrected chi connectivity index (χ4v) is 2.31. The van der Waals surface area contributed by atoms with Crippen LogP contribution in [0, 0.1) is 5.92 Å². The Morgan fingerprint density at radius 3 is 3.07 bits per heavy atom. The average molecular weight is 192 g/mol. The summed E-state index contributed by atoms with van der Waals surface area (Å²) in [6, 6.07) is 1.64. The maximum Gasteiger partial charge on any atom is 0.250 e. The molecule has 1 aromatic rings. The predicted molar refractivity (Wildman–Crippen MR) is 55.2 cm³/mol. The first-order chi connectivity index (χ1) is 6.75. The van der Waals surface area contributed by atoms with Gasteiger partial charge in [-0.25, -0.2) is 4.98 Å². The number of hydrogen-bond acceptors (Lipinski definition) is 2. The molecular weight excluding hydrogens is 176 g/mol. The van der Waals surface area contributed by atoms with Crippen LogP contribution in [0.15, 0.2) is 17.2 Å². The van der Waals surface area contributed by atoms with E-state index in [0.717, 1.165) is 11.6 Å². The smallest absolute Gasteiger partial charge is 0.250 e. The van der Waals surface area contributed by atoms with Crippen LogP contribution in [0.2, 0.25) is 0 Å². The molecule has 2 rings (SSSR count). The van der Waals surface area contributed by atoms with Gasteiger partial charge in [0.05, 0.1) is 12.0 Å². The summed E-state index contributed by atoms with van der Waals surface area (Å²) >= 11 is 0. The molecule has 1 N–H and O–H groups in total. The standard InChI is InChI=1S/C11H16N2O/c1-8-3-2-4-9(5-8)10-6-11(14)13-7-12-10/h6-9H,2-5H2,1H3,(H,12,13,14). The van der Waals surface area contributed by atoms with Gasteiger partial charge >= 0.3 is 0 Å². The Bertz CT molecular complexity index is 358. The molecule has 0 radical (unpaired) electrons. The van der Waals surface area contributed by atoms with Gasteiger partial charge in [-0.2, -0.15) is 0 Å². The second-order valence-electron chi connectivity index (χ2n) is 4.30. The van der Waals surface area contributed by atoms with E-state index in [1.54, 1.807) is 6.07 Å². The summed E-state index contributed by atoms with van der Waals surface area (Å²) in [7, 11) is 0. The zero-order valence-corrected chi connectivity index (χ0v) is 8.49. The summed E-state index contributed by atoms with van der Waals surface area (Å²) in [5.74, 6) is 1.27. The van der Waals surface area contributed by atoms with Gasteiger partial charge in [-0.3, -0.25) is 4.79 Å². The molecule has 0 bridgehead atoms. The topological polar surface area (TPSA) is 45.8 Å². The molecule has 1 fully saturated rings. The van der Waals surface area contributed by atoms with Gasteiger partial charge in [0.25, 0.3) is 5.56 Å². The number of aromatic nitrogens is 2. The molecule has 1 aliphatic rings. The highest BCUT2D eigenvalue weighted by Gasteiger charge is 2.21. The fraction of sp³-hybridized carbons (Fsp3) is 0.636. The molecule has 1 aliphatic carbocycles. The number of nitrogens with zero attached hydrogens (tertiary/aromatic N) is 1. The van der Waals surface area contributed by atoms with Gasteiger partial charge in [-0.15, -0.1) is 0 Å². The van der Waals surface area contributed by atoms with Crippen molar-refractivity contribution in [1.82, 2.24) is 9.97 Å². The zero-order valence-electron chi connectivity index (χ0n) is 8.49. The Morgan fingerprint density at radius 2 is 2.36 bits per heavy atom. The van der Waals surface area contributed by atoms with E-state index < -0.39 is 0 Å². The Hall–Kier alpha value is -1.12. The summed E-state index contributed by atoms with van der Waals surface area (Å²) < 4.78 is 0. The van der Waals surface area contributed by atoms with Crippen LogP contribution in [0.5, 0.6) is 0 Å². The van der Waals surface area contributed by atoms with Crippen LogP contribution in [-0.4, -0.2) is 9.97 Å². The van der Waals surface area contributed by atoms with E-state index >= 15 is 0 Å². The monoisotopic (exact) mass is 192 g/mol.